The molecule has 1 aromatic heterocycles. The summed E-state index contributed by atoms with van der Waals surface area (Å²) in [7, 11) is 0. The van der Waals surface area contributed by atoms with Crippen LogP contribution >= 0.6 is 11.8 Å². The van der Waals surface area contributed by atoms with Crippen LogP contribution in [0.2, 0.25) is 0 Å². The number of hydrogen-bond donors (Lipinski definition) is 0. The quantitative estimate of drug-likeness (QED) is 0.755. The van der Waals surface area contributed by atoms with Crippen LogP contribution < -0.4 is 0 Å². The van der Waals surface area contributed by atoms with Crippen LogP contribution in [0.3, 0.4) is 0 Å². The van der Waals surface area contributed by atoms with Crippen LogP contribution in [0.25, 0.3) is 0 Å². The van der Waals surface area contributed by atoms with Gasteiger partial charge in [-0.2, -0.15) is 11.8 Å². The fourth-order valence-electron chi connectivity index (χ4n) is 2.83. The lowest BCUT2D eigenvalue weighted by atomic mass is 9.91. The molecule has 3 nitrogen and oxygen atoms in total. The number of rotatable bonds is 2. The minimum atomic E-state index is 0.208. The monoisotopic (exact) mass is 248 g/mol. The van der Waals surface area contributed by atoms with Gasteiger partial charge in [-0.1, -0.05) is 0 Å². The number of aryl methyl sites for hydroxylation is 1. The summed E-state index contributed by atoms with van der Waals surface area (Å²) in [6, 6.07) is 0. The lowest BCUT2D eigenvalue weighted by Gasteiger charge is -2.26. The number of aromatic nitrogens is 2. The third kappa shape index (κ3) is 2.23. The molecule has 0 aliphatic carbocycles. The van der Waals surface area contributed by atoms with E-state index >= 15 is 0 Å². The minimum absolute atomic E-state index is 0.208. The Morgan fingerprint density at radius 3 is 2.41 bits per heavy atom. The van der Waals surface area contributed by atoms with Crippen LogP contribution in [-0.2, 0) is 0 Å². The second kappa shape index (κ2) is 4.41. The Morgan fingerprint density at radius 2 is 1.82 bits per heavy atom. The highest BCUT2D eigenvalue weighted by Gasteiger charge is 2.37. The van der Waals surface area contributed by atoms with E-state index in [9.17, 15) is 4.79 Å². The van der Waals surface area contributed by atoms with Crippen LogP contribution in [0.5, 0.6) is 0 Å². The fourth-order valence-corrected chi connectivity index (χ4v) is 4.60. The Balaban J connectivity index is 1.76. The maximum atomic E-state index is 12.3. The van der Waals surface area contributed by atoms with E-state index in [0.29, 0.717) is 16.1 Å². The molecule has 0 spiro atoms. The molecule has 2 saturated heterocycles. The summed E-state index contributed by atoms with van der Waals surface area (Å²) in [5, 5.41) is 1.43. The van der Waals surface area contributed by atoms with Crippen LogP contribution in [0.15, 0.2) is 12.4 Å². The van der Waals surface area contributed by atoms with Crippen molar-refractivity contribution in [2.75, 3.05) is 0 Å². The summed E-state index contributed by atoms with van der Waals surface area (Å²) >= 11 is 2.09. The topological polar surface area (TPSA) is 42.9 Å². The zero-order chi connectivity index (χ0) is 11.8. The summed E-state index contributed by atoms with van der Waals surface area (Å²) in [6.45, 7) is 1.84. The Labute approximate surface area is 105 Å². The third-order valence-corrected chi connectivity index (χ3v) is 5.35. The molecule has 17 heavy (non-hydrogen) atoms. The number of hydrogen-bond acceptors (Lipinski definition) is 4. The number of thioether (sulfide) groups is 1. The first kappa shape index (κ1) is 11.2. The molecule has 0 amide bonds. The van der Waals surface area contributed by atoms with Gasteiger partial charge in [0.15, 0.2) is 5.78 Å². The highest BCUT2D eigenvalue weighted by Crippen LogP contribution is 2.46. The molecule has 1 aromatic rings. The second-order valence-corrected chi connectivity index (χ2v) is 6.61. The van der Waals surface area contributed by atoms with Crippen LogP contribution in [0, 0.1) is 12.8 Å². The number of carbonyl (C=O) groups excluding carboxylic acids is 1. The van der Waals surface area contributed by atoms with Gasteiger partial charge in [-0.05, 0) is 32.6 Å². The van der Waals surface area contributed by atoms with Crippen LogP contribution in [-0.4, -0.2) is 26.3 Å². The van der Waals surface area contributed by atoms with Gasteiger partial charge in [0.05, 0.1) is 5.56 Å². The Kier molecular flexibility index (Phi) is 2.90. The van der Waals surface area contributed by atoms with Crippen molar-refractivity contribution in [1.82, 2.24) is 9.97 Å². The maximum Gasteiger partial charge on any atom is 0.169 e. The Bertz CT molecular complexity index is 420. The van der Waals surface area contributed by atoms with Crippen LogP contribution in [0.1, 0.15) is 41.9 Å². The van der Waals surface area contributed by atoms with Crippen molar-refractivity contribution in [3.8, 4) is 0 Å². The molecule has 90 valence electrons. The molecular formula is C13H16N2OS. The van der Waals surface area contributed by atoms with E-state index in [1.807, 2.05) is 6.92 Å². The summed E-state index contributed by atoms with van der Waals surface area (Å²) < 4.78 is 0. The lowest BCUT2D eigenvalue weighted by molar-refractivity contribution is 0.0906. The average molecular weight is 248 g/mol. The first-order chi connectivity index (χ1) is 8.22. The van der Waals surface area contributed by atoms with Crippen molar-refractivity contribution in [1.29, 1.82) is 0 Å². The number of fused-ring (bicyclic) bond motifs is 2. The molecule has 2 atom stereocenters. The summed E-state index contributed by atoms with van der Waals surface area (Å²) in [6.07, 6.45) is 8.04. The van der Waals surface area contributed by atoms with Gasteiger partial charge in [0.1, 0.15) is 5.82 Å². The summed E-state index contributed by atoms with van der Waals surface area (Å²) in [4.78, 5) is 20.6. The van der Waals surface area contributed by atoms with Gasteiger partial charge < -0.3 is 0 Å². The Morgan fingerprint density at radius 1 is 1.24 bits per heavy atom. The van der Waals surface area contributed by atoms with Gasteiger partial charge in [-0.3, -0.25) is 4.79 Å². The van der Waals surface area contributed by atoms with Gasteiger partial charge in [-0.15, -0.1) is 0 Å². The van der Waals surface area contributed by atoms with Crippen LogP contribution in [0.4, 0.5) is 0 Å². The average Bonchev–Trinajstić information content (AvgIpc) is 2.68. The number of carbonyl (C=O) groups is 1. The molecule has 0 aromatic carbocycles. The number of nitrogens with zero attached hydrogens (tertiary/aromatic N) is 2. The first-order valence-electron chi connectivity index (χ1n) is 6.20. The smallest absolute Gasteiger partial charge is 0.169 e. The maximum absolute atomic E-state index is 12.3. The normalized spacial score (nSPS) is 31.5. The molecular weight excluding hydrogens is 232 g/mol. The predicted molar refractivity (Wildman–Crippen MR) is 68.2 cm³/mol. The molecule has 2 fully saturated rings. The summed E-state index contributed by atoms with van der Waals surface area (Å²) in [5.74, 6) is 1.18. The largest absolute Gasteiger partial charge is 0.294 e. The molecule has 0 N–H and O–H groups in total. The molecule has 3 heterocycles. The van der Waals surface area contributed by atoms with Crippen molar-refractivity contribution >= 4 is 17.5 Å². The molecule has 4 heteroatoms. The Hall–Kier alpha value is -0.900. The highest BCUT2D eigenvalue weighted by atomic mass is 32.2. The molecule has 0 saturated carbocycles. The van der Waals surface area contributed by atoms with E-state index in [4.69, 9.17) is 0 Å². The third-order valence-electron chi connectivity index (χ3n) is 3.73. The molecule has 2 aliphatic heterocycles. The van der Waals surface area contributed by atoms with E-state index in [-0.39, 0.29) is 11.7 Å². The zero-order valence-corrected chi connectivity index (χ0v) is 10.7. The van der Waals surface area contributed by atoms with E-state index in [2.05, 4.69) is 21.7 Å². The molecule has 2 unspecified atom stereocenters. The van der Waals surface area contributed by atoms with E-state index in [1.165, 1.54) is 12.8 Å². The fraction of sp³-hybridized carbons (Fsp3) is 0.615. The van der Waals surface area contributed by atoms with Crippen molar-refractivity contribution in [3.63, 3.8) is 0 Å². The standard InChI is InChI=1S/C13H16N2OS/c1-8-14-6-10(7-15-8)13(16)9-4-11-2-3-12(5-9)17-11/h6-7,9,11-12H,2-5H2,1H3. The molecule has 2 bridgehead atoms. The van der Waals surface area contributed by atoms with Gasteiger partial charge in [-0.25, -0.2) is 9.97 Å². The predicted octanol–water partition coefficient (Wildman–Crippen LogP) is 2.64. The van der Waals surface area contributed by atoms with Crippen molar-refractivity contribution in [3.05, 3.63) is 23.8 Å². The lowest BCUT2D eigenvalue weighted by Crippen LogP contribution is -2.25. The molecule has 3 rings (SSSR count). The van der Waals surface area contributed by atoms with Crippen molar-refractivity contribution < 1.29 is 4.79 Å². The van der Waals surface area contributed by atoms with E-state index in [1.54, 1.807) is 12.4 Å². The summed E-state index contributed by atoms with van der Waals surface area (Å²) in [5.41, 5.74) is 0.687. The van der Waals surface area contributed by atoms with Gasteiger partial charge in [0.2, 0.25) is 0 Å². The highest BCUT2D eigenvalue weighted by molar-refractivity contribution is 8.00. The number of ketones is 1. The SMILES string of the molecule is Cc1ncc(C(=O)C2CC3CCC(C2)S3)cn1. The number of Topliss-reactive ketones (excluding diaryl/α,β-unsaturated/α-hetero) is 1. The van der Waals surface area contributed by atoms with Gasteiger partial charge in [0.25, 0.3) is 0 Å². The van der Waals surface area contributed by atoms with E-state index in [0.717, 1.165) is 18.7 Å². The molecule has 0 radical (unpaired) electrons. The van der Waals surface area contributed by atoms with Gasteiger partial charge in [0, 0.05) is 28.8 Å². The van der Waals surface area contributed by atoms with Crippen molar-refractivity contribution in [2.45, 2.75) is 43.1 Å². The van der Waals surface area contributed by atoms with E-state index < -0.39 is 0 Å². The van der Waals surface area contributed by atoms with Gasteiger partial charge >= 0.3 is 0 Å². The van der Waals surface area contributed by atoms with Crippen molar-refractivity contribution in [2.24, 2.45) is 5.92 Å². The first-order valence-corrected chi connectivity index (χ1v) is 7.15. The minimum Gasteiger partial charge on any atom is -0.294 e. The zero-order valence-electron chi connectivity index (χ0n) is 9.93. The second-order valence-electron chi connectivity index (χ2n) is 5.01. The molecule has 2 aliphatic rings.